The van der Waals surface area contributed by atoms with Crippen LogP contribution in [-0.4, -0.2) is 25.0 Å². The molecular weight excluding hydrogens is 382 g/mol. The van der Waals surface area contributed by atoms with Crippen molar-refractivity contribution in [3.63, 3.8) is 0 Å². The first-order valence-electron chi connectivity index (χ1n) is 7.41. The van der Waals surface area contributed by atoms with Gasteiger partial charge in [-0.2, -0.15) is 31.6 Å². The van der Waals surface area contributed by atoms with E-state index in [0.29, 0.717) is 12.1 Å². The molecule has 27 heavy (non-hydrogen) atoms. The zero-order valence-electron chi connectivity index (χ0n) is 13.9. The van der Waals surface area contributed by atoms with Crippen LogP contribution in [0.5, 0.6) is 0 Å². The van der Waals surface area contributed by atoms with Gasteiger partial charge in [-0.3, -0.25) is 4.79 Å². The second-order valence-corrected chi connectivity index (χ2v) is 5.43. The number of rotatable bonds is 6. The predicted octanol–water partition coefficient (Wildman–Crippen LogP) is 3.23. The SMILES string of the molecule is COC(=O)[C@@H](CCC#N)NC(=O)Cc1cc(C(F)(F)F)cc(C(F)(F)F)c1. The number of carbonyl (C=O) groups excluding carboxylic acids is 2. The van der Waals surface area contributed by atoms with Gasteiger partial charge in [0.1, 0.15) is 6.04 Å². The predicted molar refractivity (Wildman–Crippen MR) is 78.9 cm³/mol. The number of methoxy groups -OCH3 is 1. The van der Waals surface area contributed by atoms with Gasteiger partial charge < -0.3 is 10.1 Å². The summed E-state index contributed by atoms with van der Waals surface area (Å²) in [6.45, 7) is 0. The Hall–Kier alpha value is -2.77. The van der Waals surface area contributed by atoms with Crippen LogP contribution < -0.4 is 5.32 Å². The molecule has 0 aliphatic heterocycles. The lowest BCUT2D eigenvalue weighted by Gasteiger charge is -2.17. The number of halogens is 6. The van der Waals surface area contributed by atoms with E-state index in [4.69, 9.17) is 5.26 Å². The van der Waals surface area contributed by atoms with Gasteiger partial charge in [0.15, 0.2) is 0 Å². The highest BCUT2D eigenvalue weighted by atomic mass is 19.4. The number of nitriles is 1. The van der Waals surface area contributed by atoms with Crippen LogP contribution in [0, 0.1) is 11.3 Å². The minimum absolute atomic E-state index is 0.0500. The Labute approximate surface area is 149 Å². The van der Waals surface area contributed by atoms with Gasteiger partial charge in [0.2, 0.25) is 5.91 Å². The molecule has 0 spiro atoms. The molecule has 1 amide bonds. The maximum atomic E-state index is 12.8. The topological polar surface area (TPSA) is 79.2 Å². The Balaban J connectivity index is 3.07. The molecule has 0 saturated heterocycles. The Morgan fingerprint density at radius 2 is 1.63 bits per heavy atom. The molecule has 11 heteroatoms. The highest BCUT2D eigenvalue weighted by molar-refractivity contribution is 5.85. The molecule has 0 saturated carbocycles. The summed E-state index contributed by atoms with van der Waals surface area (Å²) in [5.74, 6) is -1.88. The Bertz CT molecular complexity index is 705. The van der Waals surface area contributed by atoms with Crippen molar-refractivity contribution in [2.24, 2.45) is 0 Å². The number of esters is 1. The molecule has 0 bridgehead atoms. The second kappa shape index (κ2) is 8.75. The summed E-state index contributed by atoms with van der Waals surface area (Å²) in [4.78, 5) is 23.5. The van der Waals surface area contributed by atoms with Crippen molar-refractivity contribution in [3.8, 4) is 6.07 Å². The number of alkyl halides is 6. The molecule has 148 valence electrons. The molecule has 1 N–H and O–H groups in total. The van der Waals surface area contributed by atoms with Gasteiger partial charge in [-0.05, 0) is 30.2 Å². The van der Waals surface area contributed by atoms with Crippen molar-refractivity contribution in [2.45, 2.75) is 37.7 Å². The number of hydrogen-bond acceptors (Lipinski definition) is 4. The molecule has 1 atom stereocenters. The monoisotopic (exact) mass is 396 g/mol. The maximum Gasteiger partial charge on any atom is 0.416 e. The summed E-state index contributed by atoms with van der Waals surface area (Å²) in [6.07, 6.45) is -11.1. The highest BCUT2D eigenvalue weighted by Gasteiger charge is 2.37. The zero-order chi connectivity index (χ0) is 20.8. The van der Waals surface area contributed by atoms with Crippen LogP contribution in [0.25, 0.3) is 0 Å². The first-order valence-corrected chi connectivity index (χ1v) is 7.41. The molecule has 0 aromatic heterocycles. The van der Waals surface area contributed by atoms with Gasteiger partial charge in [0, 0.05) is 6.42 Å². The fourth-order valence-corrected chi connectivity index (χ4v) is 2.15. The van der Waals surface area contributed by atoms with Crippen molar-refractivity contribution in [3.05, 3.63) is 34.9 Å². The van der Waals surface area contributed by atoms with E-state index in [9.17, 15) is 35.9 Å². The quantitative estimate of drug-likeness (QED) is 0.592. The number of hydrogen-bond donors (Lipinski definition) is 1. The van der Waals surface area contributed by atoms with E-state index in [1.807, 2.05) is 0 Å². The van der Waals surface area contributed by atoms with Crippen molar-refractivity contribution in [1.82, 2.24) is 5.32 Å². The van der Waals surface area contributed by atoms with Crippen LogP contribution in [0.1, 0.15) is 29.5 Å². The first kappa shape index (κ1) is 22.3. The Morgan fingerprint density at radius 1 is 1.11 bits per heavy atom. The number of amides is 1. The summed E-state index contributed by atoms with van der Waals surface area (Å²) < 4.78 is 81.3. The molecule has 1 rings (SSSR count). The molecular formula is C16H14F6N2O3. The molecule has 0 radical (unpaired) electrons. The van der Waals surface area contributed by atoms with E-state index in [2.05, 4.69) is 10.1 Å². The lowest BCUT2D eigenvalue weighted by molar-refractivity contribution is -0.145. The van der Waals surface area contributed by atoms with Crippen molar-refractivity contribution < 1.29 is 40.7 Å². The first-order chi connectivity index (χ1) is 12.4. The van der Waals surface area contributed by atoms with Crippen LogP contribution in [0.15, 0.2) is 18.2 Å². The molecule has 1 aromatic carbocycles. The Morgan fingerprint density at radius 3 is 2.04 bits per heavy atom. The van der Waals surface area contributed by atoms with Crippen molar-refractivity contribution in [2.75, 3.05) is 7.11 Å². The van der Waals surface area contributed by atoms with E-state index in [1.54, 1.807) is 6.07 Å². The van der Waals surface area contributed by atoms with E-state index in [-0.39, 0.29) is 18.9 Å². The summed E-state index contributed by atoms with van der Waals surface area (Å²) in [5.41, 5.74) is -3.62. The van der Waals surface area contributed by atoms with Crippen LogP contribution in [0.2, 0.25) is 0 Å². The average molecular weight is 396 g/mol. The minimum atomic E-state index is -5.03. The summed E-state index contributed by atoms with van der Waals surface area (Å²) in [7, 11) is 1.02. The smallest absolute Gasteiger partial charge is 0.416 e. The molecule has 0 heterocycles. The van der Waals surface area contributed by atoms with Crippen molar-refractivity contribution in [1.29, 1.82) is 5.26 Å². The molecule has 0 aliphatic rings. The van der Waals surface area contributed by atoms with E-state index >= 15 is 0 Å². The number of ether oxygens (including phenoxy) is 1. The molecule has 0 fully saturated rings. The number of carbonyl (C=O) groups is 2. The average Bonchev–Trinajstić information content (AvgIpc) is 2.55. The second-order valence-electron chi connectivity index (χ2n) is 5.43. The van der Waals surface area contributed by atoms with E-state index in [1.165, 1.54) is 0 Å². The molecule has 0 aliphatic carbocycles. The van der Waals surface area contributed by atoms with Gasteiger partial charge >= 0.3 is 18.3 Å². The fourth-order valence-electron chi connectivity index (χ4n) is 2.15. The van der Waals surface area contributed by atoms with Gasteiger partial charge in [-0.1, -0.05) is 0 Å². The fraction of sp³-hybridized carbons (Fsp3) is 0.438. The maximum absolute atomic E-state index is 12.8. The van der Waals surface area contributed by atoms with Crippen molar-refractivity contribution >= 4 is 11.9 Å². The number of benzene rings is 1. The number of nitrogens with zero attached hydrogens (tertiary/aromatic N) is 1. The minimum Gasteiger partial charge on any atom is -0.467 e. The molecule has 1 aromatic rings. The van der Waals surface area contributed by atoms with Gasteiger partial charge in [-0.15, -0.1) is 0 Å². The normalized spacial score (nSPS) is 12.8. The lowest BCUT2D eigenvalue weighted by atomic mass is 10.0. The van der Waals surface area contributed by atoms with Gasteiger partial charge in [-0.25, -0.2) is 4.79 Å². The number of nitrogens with one attached hydrogen (secondary N) is 1. The standard InChI is InChI=1S/C16H14F6N2O3/c1-27-14(26)12(3-2-4-23)24-13(25)7-9-5-10(15(17,18)19)8-11(6-9)16(20,21)22/h5-6,8,12H,2-3,7H2,1H3,(H,24,25)/t12-/m1/s1. The van der Waals surface area contributed by atoms with Crippen LogP contribution >= 0.6 is 0 Å². The van der Waals surface area contributed by atoms with Crippen LogP contribution in [-0.2, 0) is 33.1 Å². The van der Waals surface area contributed by atoms with E-state index in [0.717, 1.165) is 7.11 Å². The largest absolute Gasteiger partial charge is 0.467 e. The molecule has 0 unspecified atom stereocenters. The van der Waals surface area contributed by atoms with Gasteiger partial charge in [0.05, 0.1) is 30.7 Å². The summed E-state index contributed by atoms with van der Waals surface area (Å²) in [6, 6.07) is 1.30. The van der Waals surface area contributed by atoms with Crippen LogP contribution in [0.3, 0.4) is 0 Å². The van der Waals surface area contributed by atoms with Crippen LogP contribution in [0.4, 0.5) is 26.3 Å². The van der Waals surface area contributed by atoms with E-state index < -0.39 is 53.4 Å². The third-order valence-corrected chi connectivity index (χ3v) is 3.38. The third-order valence-electron chi connectivity index (χ3n) is 3.38. The summed E-state index contributed by atoms with van der Waals surface area (Å²) in [5, 5.41) is 10.7. The third kappa shape index (κ3) is 6.80. The molecule has 5 nitrogen and oxygen atoms in total. The lowest BCUT2D eigenvalue weighted by Crippen LogP contribution is -2.42. The Kier molecular flexibility index (Phi) is 7.21. The highest BCUT2D eigenvalue weighted by Crippen LogP contribution is 2.36. The van der Waals surface area contributed by atoms with Gasteiger partial charge in [0.25, 0.3) is 0 Å². The zero-order valence-corrected chi connectivity index (χ0v) is 13.9. The summed E-state index contributed by atoms with van der Waals surface area (Å²) >= 11 is 0.